The van der Waals surface area contributed by atoms with Gasteiger partial charge >= 0.3 is 36.2 Å². The van der Waals surface area contributed by atoms with Gasteiger partial charge in [0.2, 0.25) is 47.3 Å². The number of nitro groups is 1. The number of likely N-dealkylation sites (N-methyl/N-ethyl adjacent to an activating group) is 4. The fourth-order valence-electron chi connectivity index (χ4n) is 14.6. The Kier molecular flexibility index (Phi) is 48.6. The number of allylic oxidation sites excluding steroid dienone is 2. The number of carbonyl (C=O) groups is 16. The van der Waals surface area contributed by atoms with Crippen molar-refractivity contribution < 1.29 is 125 Å². The Bertz CT molecular complexity index is 4750. The van der Waals surface area contributed by atoms with E-state index in [1.165, 1.54) is 104 Å². The minimum absolute atomic E-state index is 0.00312. The summed E-state index contributed by atoms with van der Waals surface area (Å²) in [5.74, 6) is -13.2. The predicted molar refractivity (Wildman–Crippen MR) is 506 cm³/mol. The van der Waals surface area contributed by atoms with Gasteiger partial charge in [0, 0.05) is 102 Å². The molecule has 2 aliphatic heterocycles. The Labute approximate surface area is 803 Å². The van der Waals surface area contributed by atoms with Crippen molar-refractivity contribution in [3.63, 3.8) is 0 Å². The highest BCUT2D eigenvalue weighted by atomic mass is 16.7. The number of ether oxygens (including phenoxy) is 8. The predicted octanol–water partition coefficient (Wildman–Crippen LogP) is 9.15. The van der Waals surface area contributed by atoms with E-state index in [0.29, 0.717) is 29.6 Å². The zero-order valence-corrected chi connectivity index (χ0v) is 83.4. The molecule has 0 saturated heterocycles. The van der Waals surface area contributed by atoms with E-state index in [4.69, 9.17) is 37.9 Å². The lowest BCUT2D eigenvalue weighted by molar-refractivity contribution is -0.384. The van der Waals surface area contributed by atoms with Crippen LogP contribution in [0.5, 0.6) is 5.75 Å². The van der Waals surface area contributed by atoms with Crippen LogP contribution in [0, 0.1) is 45.6 Å². The van der Waals surface area contributed by atoms with Gasteiger partial charge in [0.25, 0.3) is 17.5 Å². The van der Waals surface area contributed by atoms with Crippen molar-refractivity contribution >= 4 is 101 Å². The molecule has 0 bridgehead atoms. The maximum Gasteiger partial charge on any atom is 0.514 e. The third-order valence-corrected chi connectivity index (χ3v) is 23.9. The van der Waals surface area contributed by atoms with Crippen LogP contribution < -0.4 is 36.6 Å². The van der Waals surface area contributed by atoms with Gasteiger partial charge in [0.15, 0.2) is 12.2 Å². The molecule has 2 heterocycles. The molecule has 0 radical (unpaired) electrons. The first-order chi connectivity index (χ1) is 64.4. The first kappa shape index (κ1) is 116. The van der Waals surface area contributed by atoms with E-state index >= 15 is 0 Å². The molecule has 2 aliphatic rings. The molecule has 38 heteroatoms. The average molecular weight is 1920 g/mol. The normalized spacial score (nSPS) is 26.2. The van der Waals surface area contributed by atoms with Gasteiger partial charge in [-0.2, -0.15) is 0 Å². The molecular formula is C99H143N11O27. The number of non-ortho nitro benzene ring substituents is 1. The van der Waals surface area contributed by atoms with Gasteiger partial charge in [-0.15, -0.1) is 0 Å². The van der Waals surface area contributed by atoms with Crippen LogP contribution in [0.1, 0.15) is 195 Å². The molecule has 18 atom stereocenters. The molecular weight excluding hydrogens is 1780 g/mol. The van der Waals surface area contributed by atoms with Crippen molar-refractivity contribution in [3.8, 4) is 5.75 Å². The van der Waals surface area contributed by atoms with Crippen molar-refractivity contribution in [1.82, 2.24) is 51.5 Å². The molecule has 0 aromatic heterocycles. The summed E-state index contributed by atoms with van der Waals surface area (Å²) >= 11 is 0. The van der Waals surface area contributed by atoms with Gasteiger partial charge in [-0.05, 0) is 140 Å². The molecule has 756 valence electrons. The van der Waals surface area contributed by atoms with Gasteiger partial charge in [0.1, 0.15) is 78.5 Å². The summed E-state index contributed by atoms with van der Waals surface area (Å²) in [5.41, 5.74) is 2.32. The molecule has 10 amide bonds. The quantitative estimate of drug-likeness (QED) is 0.00993. The van der Waals surface area contributed by atoms with Crippen LogP contribution in [0.25, 0.3) is 0 Å². The molecule has 3 aromatic carbocycles. The van der Waals surface area contributed by atoms with Crippen LogP contribution in [0.3, 0.4) is 0 Å². The third kappa shape index (κ3) is 37.3. The minimum atomic E-state index is -1.37. The van der Waals surface area contributed by atoms with Crippen LogP contribution in [0.2, 0.25) is 0 Å². The first-order valence-electron chi connectivity index (χ1n) is 46.3. The van der Waals surface area contributed by atoms with Gasteiger partial charge < -0.3 is 94.5 Å². The summed E-state index contributed by atoms with van der Waals surface area (Å²) in [7, 11) is 5.61. The number of amides is 10. The van der Waals surface area contributed by atoms with E-state index in [2.05, 4.69) is 31.9 Å². The third-order valence-electron chi connectivity index (χ3n) is 23.9. The molecule has 5 rings (SSSR count). The summed E-state index contributed by atoms with van der Waals surface area (Å²) in [6.07, 6.45) is -2.15. The molecule has 0 fully saturated rings. The Morgan fingerprint density at radius 2 is 0.861 bits per heavy atom. The highest BCUT2D eigenvalue weighted by Crippen LogP contribution is 2.31. The lowest BCUT2D eigenvalue weighted by Gasteiger charge is -2.33. The van der Waals surface area contributed by atoms with Crippen molar-refractivity contribution in [2.24, 2.45) is 35.5 Å². The van der Waals surface area contributed by atoms with Gasteiger partial charge in [-0.3, -0.25) is 58.1 Å². The maximum absolute atomic E-state index is 14.3. The summed E-state index contributed by atoms with van der Waals surface area (Å²) in [5, 5.41) is 36.4. The highest BCUT2D eigenvalue weighted by molar-refractivity contribution is 5.99. The number of nitrogens with one attached hydrogen (secondary N) is 6. The number of benzene rings is 3. The molecule has 0 aliphatic carbocycles. The number of esters is 4. The zero-order chi connectivity index (χ0) is 103. The van der Waals surface area contributed by atoms with E-state index in [1.807, 2.05) is 41.5 Å². The van der Waals surface area contributed by atoms with E-state index in [0.717, 1.165) is 27.5 Å². The van der Waals surface area contributed by atoms with Crippen LogP contribution >= 0.6 is 0 Å². The monoisotopic (exact) mass is 1920 g/mol. The van der Waals surface area contributed by atoms with Crippen LogP contribution in [0.15, 0.2) is 132 Å². The van der Waals surface area contributed by atoms with Gasteiger partial charge in [-0.25, -0.2) is 28.8 Å². The number of aliphatic hydroxyl groups excluding tert-OH is 1. The molecule has 137 heavy (non-hydrogen) atoms. The van der Waals surface area contributed by atoms with Crippen molar-refractivity contribution in [1.29, 1.82) is 0 Å². The number of hydrogen-bond donors (Lipinski definition) is 7. The summed E-state index contributed by atoms with van der Waals surface area (Å²) < 4.78 is 45.5. The van der Waals surface area contributed by atoms with Crippen molar-refractivity contribution in [2.45, 2.75) is 281 Å². The second-order valence-electron chi connectivity index (χ2n) is 35.9. The Morgan fingerprint density at radius 3 is 1.20 bits per heavy atom. The van der Waals surface area contributed by atoms with E-state index in [-0.39, 0.29) is 92.6 Å². The minimum Gasteiger partial charge on any atom is -0.456 e. The molecule has 0 spiro atoms. The Morgan fingerprint density at radius 1 is 0.504 bits per heavy atom. The molecule has 3 aromatic rings. The smallest absolute Gasteiger partial charge is 0.456 e. The topological polar surface area (TPSA) is 495 Å². The number of aliphatic hydroxyl groups is 1. The Hall–Kier alpha value is -12.9. The fraction of sp³-hybridized carbons (Fsp3) is 0.576. The number of nitro benzene ring substituents is 1. The van der Waals surface area contributed by atoms with Gasteiger partial charge in [0.05, 0.1) is 24.6 Å². The average Bonchev–Trinajstić information content (AvgIpc) is 0.830. The number of cyclic esters (lactones) is 4. The van der Waals surface area contributed by atoms with E-state index in [1.54, 1.807) is 128 Å². The number of carbonyl (C=O) groups excluding carboxylic acids is 16. The first-order valence-corrected chi connectivity index (χ1v) is 46.3. The number of hydrogen-bond acceptors (Lipinski definition) is 27. The van der Waals surface area contributed by atoms with E-state index in [9.17, 15) is 91.9 Å². The maximum atomic E-state index is 14.3. The lowest BCUT2D eigenvalue weighted by atomic mass is 9.90. The zero-order valence-electron chi connectivity index (χ0n) is 83.4. The van der Waals surface area contributed by atoms with Gasteiger partial charge in [-0.1, -0.05) is 167 Å². The number of rotatable bonds is 21. The van der Waals surface area contributed by atoms with Crippen molar-refractivity contribution in [3.05, 3.63) is 153 Å². The van der Waals surface area contributed by atoms with Crippen molar-refractivity contribution in [2.75, 3.05) is 54.5 Å². The second kappa shape index (κ2) is 57.2. The van der Waals surface area contributed by atoms with Crippen LogP contribution in [-0.4, -0.2) is 264 Å². The SMILES string of the molecule is C/C=C(\C)[C@H]1OC(=O)[C@@H](C)NC(=O)[C@H](C(C)CC)NC(=O)CN(C)C(=O)[C@@H](Cc2ccccc2)N(C)C(=O)[C@H](C)NC(=O)[C@@H](CC(C)C)OC(=O)/C(C)=C/C[C@H](OC(=O)OCCCO)[C@@H]1C.C/C=C(\C)[C@H]1OC(=O)[C@@H](C)NC(=O)[C@H](C(C)CC)NC(=O)CN(C)C(=O)[C@@H](Cc2ccccc2)N(C)C(=O)[C@H](C)NC(=O)[C@@H](CC(C)C)OC(=O)/C(C)=C/C[C@H](OC(=O)Oc2ccc([N+](=O)[O-])cc2)[C@@H]1C. The lowest BCUT2D eigenvalue weighted by Crippen LogP contribution is -2.57. The fourth-order valence-corrected chi connectivity index (χ4v) is 14.6. The highest BCUT2D eigenvalue weighted by Gasteiger charge is 2.42. The van der Waals surface area contributed by atoms with Crippen LogP contribution in [0.4, 0.5) is 15.3 Å². The summed E-state index contributed by atoms with van der Waals surface area (Å²) in [4.78, 5) is 236. The Balaban J connectivity index is 0.000000574. The molecule has 7 N–H and O–H groups in total. The van der Waals surface area contributed by atoms with E-state index < -0.39 is 222 Å². The summed E-state index contributed by atoms with van der Waals surface area (Å²) in [6, 6.07) is 13.0. The largest absolute Gasteiger partial charge is 0.514 e. The molecule has 0 saturated carbocycles. The standard InChI is InChI=1S/C51H70N6O14.C48H73N5O13/c1-13-30(5)43-46(60)53-35(10)50(64)71-44(31(6)14-2)33(8)40(70-51(65)68-38-23-21-37(22-24-38)57(66)67)25-20-32(7)49(63)69-41(26-29(3)4)45(59)52-34(9)47(61)56(12)39(27-36-18-16-15-17-19-36)48(62)55(11)28-42(58)54-43;1-13-29(5)40-43(57)50-34(10)47(61)66-41(30(6)14-2)32(8)37(65-48(62)63-24-18-23-54)22-21-31(7)46(60)64-38(25-28(3)4)42(56)49-33(9)44(58)53(12)36(26-35-19-16-15-17-20-35)45(59)52(11)27-39(55)51-40/h14-24,29-30,33-35,39-41,43-44H,13,25-28H2,1-12H3,(H,52,59)(H,53,60)(H,54,58);14-17,19-21,28-29,32-34,36-38,40-41,54H,13,18,22-27H2,1-12H3,(H,49,56)(H,50,57)(H,51,55)/b31-14+,32-20+;30-14+,31-21+/t30?,33-,34-,35+,39+,40-,41+,43-,44+;29?,32-,33-,34+,36+,37-,38+,40-,41+/m00/s1. The van der Waals surface area contributed by atoms with Crippen LogP contribution in [-0.2, 0) is 113 Å². The number of nitrogens with zero attached hydrogens (tertiary/aromatic N) is 5. The molecule has 38 nitrogen and oxygen atoms in total. The summed E-state index contributed by atoms with van der Waals surface area (Å²) in [6.45, 7) is 31.7. The molecule has 2 unspecified atom stereocenters. The second-order valence-corrected chi connectivity index (χ2v) is 35.9.